The number of nitriles is 1. The minimum atomic E-state index is -0.496. The van der Waals surface area contributed by atoms with Crippen molar-refractivity contribution in [2.75, 3.05) is 18.4 Å². The van der Waals surface area contributed by atoms with E-state index in [1.54, 1.807) is 6.07 Å². The highest BCUT2D eigenvalue weighted by Crippen LogP contribution is 2.21. The molecule has 0 amide bonds. The van der Waals surface area contributed by atoms with Crippen molar-refractivity contribution in [2.45, 2.75) is 25.3 Å². The number of benzene rings is 1. The molecule has 0 heterocycles. The minimum Gasteiger partial charge on any atom is -0.384 e. The molecule has 0 spiro atoms. The van der Waals surface area contributed by atoms with Gasteiger partial charge in [-0.05, 0) is 31.9 Å². The van der Waals surface area contributed by atoms with E-state index in [0.29, 0.717) is 17.3 Å². The largest absolute Gasteiger partial charge is 0.384 e. The van der Waals surface area contributed by atoms with Crippen molar-refractivity contribution < 1.29 is 4.92 Å². The van der Waals surface area contributed by atoms with E-state index >= 15 is 0 Å². The summed E-state index contributed by atoms with van der Waals surface area (Å²) < 4.78 is 0. The summed E-state index contributed by atoms with van der Waals surface area (Å²) in [6.07, 6.45) is 3.50. The third kappa shape index (κ3) is 3.93. The third-order valence-electron chi connectivity index (χ3n) is 3.01. The van der Waals surface area contributed by atoms with Crippen LogP contribution in [0.1, 0.15) is 24.8 Å². The predicted octanol–water partition coefficient (Wildman–Crippen LogP) is 2.02. The predicted molar refractivity (Wildman–Crippen MR) is 71.9 cm³/mol. The summed E-state index contributed by atoms with van der Waals surface area (Å²) in [6, 6.07) is 6.97. The number of hydrogen-bond donors (Lipinski definition) is 2. The van der Waals surface area contributed by atoms with Crippen LogP contribution >= 0.6 is 0 Å². The van der Waals surface area contributed by atoms with Crippen molar-refractivity contribution >= 4 is 11.4 Å². The second-order valence-corrected chi connectivity index (χ2v) is 4.61. The summed E-state index contributed by atoms with van der Waals surface area (Å²) in [7, 11) is 0. The molecule has 1 fully saturated rings. The topological polar surface area (TPSA) is 91.0 Å². The highest BCUT2D eigenvalue weighted by atomic mass is 16.6. The van der Waals surface area contributed by atoms with Gasteiger partial charge in [0.15, 0.2) is 0 Å². The molecule has 0 atom stereocenters. The Labute approximate surface area is 111 Å². The normalized spacial score (nSPS) is 13.8. The van der Waals surface area contributed by atoms with Crippen LogP contribution in [0.25, 0.3) is 0 Å². The quantitative estimate of drug-likeness (QED) is 0.444. The summed E-state index contributed by atoms with van der Waals surface area (Å²) >= 11 is 0. The fraction of sp³-hybridized carbons (Fsp3) is 0.462. The Bertz CT molecular complexity index is 506. The van der Waals surface area contributed by atoms with E-state index < -0.39 is 4.92 Å². The average Bonchev–Trinajstić information content (AvgIpc) is 3.22. The minimum absolute atomic E-state index is 0.0579. The Kier molecular flexibility index (Phi) is 4.31. The first-order chi connectivity index (χ1) is 9.20. The zero-order valence-corrected chi connectivity index (χ0v) is 10.6. The molecular formula is C13H16N4O2. The molecule has 0 unspecified atom stereocenters. The van der Waals surface area contributed by atoms with Gasteiger partial charge < -0.3 is 10.6 Å². The van der Waals surface area contributed by atoms with Gasteiger partial charge in [-0.1, -0.05) is 0 Å². The molecule has 1 aromatic rings. The lowest BCUT2D eigenvalue weighted by atomic mass is 10.1. The van der Waals surface area contributed by atoms with Gasteiger partial charge in [0.2, 0.25) is 0 Å². The fourth-order valence-corrected chi connectivity index (χ4v) is 1.80. The van der Waals surface area contributed by atoms with Crippen molar-refractivity contribution in [3.8, 4) is 6.07 Å². The lowest BCUT2D eigenvalue weighted by molar-refractivity contribution is -0.384. The van der Waals surface area contributed by atoms with Crippen molar-refractivity contribution in [1.82, 2.24) is 5.32 Å². The molecule has 0 aromatic heterocycles. The van der Waals surface area contributed by atoms with E-state index in [-0.39, 0.29) is 5.69 Å². The molecule has 19 heavy (non-hydrogen) atoms. The van der Waals surface area contributed by atoms with Crippen LogP contribution in [-0.2, 0) is 0 Å². The van der Waals surface area contributed by atoms with Crippen LogP contribution in [-0.4, -0.2) is 24.1 Å². The van der Waals surface area contributed by atoms with Crippen LogP contribution in [0.15, 0.2) is 18.2 Å². The van der Waals surface area contributed by atoms with Crippen molar-refractivity contribution in [1.29, 1.82) is 5.26 Å². The lowest BCUT2D eigenvalue weighted by Gasteiger charge is -2.08. The number of nitrogens with one attached hydrogen (secondary N) is 2. The number of anilines is 1. The van der Waals surface area contributed by atoms with E-state index in [9.17, 15) is 10.1 Å². The molecule has 2 rings (SSSR count). The molecule has 6 heteroatoms. The van der Waals surface area contributed by atoms with Gasteiger partial charge in [0.05, 0.1) is 16.2 Å². The van der Waals surface area contributed by atoms with Gasteiger partial charge in [0, 0.05) is 24.7 Å². The van der Waals surface area contributed by atoms with E-state index in [0.717, 1.165) is 19.5 Å². The van der Waals surface area contributed by atoms with Gasteiger partial charge in [-0.25, -0.2) is 0 Å². The standard InChI is InChI=1S/C13H16N4O2/c14-9-10-8-12(17(18)19)4-5-13(10)16-7-1-6-15-11-2-3-11/h4-5,8,11,15-16H,1-3,6-7H2. The van der Waals surface area contributed by atoms with E-state index in [2.05, 4.69) is 10.6 Å². The monoisotopic (exact) mass is 260 g/mol. The van der Waals surface area contributed by atoms with Gasteiger partial charge >= 0.3 is 0 Å². The molecule has 0 bridgehead atoms. The summed E-state index contributed by atoms with van der Waals surface area (Å²) in [6.45, 7) is 1.69. The first-order valence-electron chi connectivity index (χ1n) is 6.36. The highest BCUT2D eigenvalue weighted by Gasteiger charge is 2.19. The molecule has 0 radical (unpaired) electrons. The van der Waals surface area contributed by atoms with Crippen LogP contribution in [0.3, 0.4) is 0 Å². The number of nitro groups is 1. The molecule has 1 aliphatic rings. The van der Waals surface area contributed by atoms with Gasteiger partial charge in [-0.3, -0.25) is 10.1 Å². The Hall–Kier alpha value is -2.13. The van der Waals surface area contributed by atoms with Crippen molar-refractivity contribution in [3.05, 3.63) is 33.9 Å². The lowest BCUT2D eigenvalue weighted by Crippen LogP contribution is -2.20. The molecule has 0 saturated heterocycles. The Morgan fingerprint density at radius 3 is 2.84 bits per heavy atom. The van der Waals surface area contributed by atoms with Crippen molar-refractivity contribution in [2.24, 2.45) is 0 Å². The highest BCUT2D eigenvalue weighted by molar-refractivity contribution is 5.61. The van der Waals surface area contributed by atoms with Gasteiger partial charge in [-0.15, -0.1) is 0 Å². The van der Waals surface area contributed by atoms with Gasteiger partial charge in [-0.2, -0.15) is 5.26 Å². The van der Waals surface area contributed by atoms with Crippen LogP contribution in [0.2, 0.25) is 0 Å². The molecule has 1 aromatic carbocycles. The van der Waals surface area contributed by atoms with Crippen molar-refractivity contribution in [3.63, 3.8) is 0 Å². The average molecular weight is 260 g/mol. The van der Waals surface area contributed by atoms with Crippen LogP contribution < -0.4 is 10.6 Å². The molecule has 0 aliphatic heterocycles. The SMILES string of the molecule is N#Cc1cc([N+](=O)[O-])ccc1NCCCNC1CC1. The third-order valence-corrected chi connectivity index (χ3v) is 3.01. The van der Waals surface area contributed by atoms with Gasteiger partial charge in [0.1, 0.15) is 6.07 Å². The first-order valence-corrected chi connectivity index (χ1v) is 6.36. The second-order valence-electron chi connectivity index (χ2n) is 4.61. The maximum Gasteiger partial charge on any atom is 0.270 e. The van der Waals surface area contributed by atoms with E-state index in [1.165, 1.54) is 25.0 Å². The van der Waals surface area contributed by atoms with Crippen LogP contribution in [0.5, 0.6) is 0 Å². The second kappa shape index (κ2) is 6.16. The number of hydrogen-bond acceptors (Lipinski definition) is 5. The summed E-state index contributed by atoms with van der Waals surface area (Å²) in [5.41, 5.74) is 0.904. The molecule has 1 saturated carbocycles. The first kappa shape index (κ1) is 13.3. The van der Waals surface area contributed by atoms with Crippen LogP contribution in [0, 0.1) is 21.4 Å². The number of nitro benzene ring substituents is 1. The maximum absolute atomic E-state index is 10.6. The molecule has 1 aliphatic carbocycles. The molecular weight excluding hydrogens is 244 g/mol. The zero-order valence-electron chi connectivity index (χ0n) is 10.6. The van der Waals surface area contributed by atoms with E-state index in [4.69, 9.17) is 5.26 Å². The van der Waals surface area contributed by atoms with Crippen LogP contribution in [0.4, 0.5) is 11.4 Å². The molecule has 6 nitrogen and oxygen atoms in total. The molecule has 2 N–H and O–H groups in total. The number of nitrogens with zero attached hydrogens (tertiary/aromatic N) is 2. The Morgan fingerprint density at radius 1 is 1.42 bits per heavy atom. The maximum atomic E-state index is 10.6. The number of rotatable bonds is 7. The Morgan fingerprint density at radius 2 is 2.21 bits per heavy atom. The summed E-state index contributed by atoms with van der Waals surface area (Å²) in [4.78, 5) is 10.1. The molecule has 100 valence electrons. The smallest absolute Gasteiger partial charge is 0.270 e. The zero-order chi connectivity index (χ0) is 13.7. The summed E-state index contributed by atoms with van der Waals surface area (Å²) in [5.74, 6) is 0. The van der Waals surface area contributed by atoms with E-state index in [1.807, 2.05) is 6.07 Å². The van der Waals surface area contributed by atoms with Gasteiger partial charge in [0.25, 0.3) is 5.69 Å². The number of non-ortho nitro benzene ring substituents is 1. The Balaban J connectivity index is 1.84. The fourth-order valence-electron chi connectivity index (χ4n) is 1.80. The summed E-state index contributed by atoms with van der Waals surface area (Å²) in [5, 5.41) is 26.1.